The van der Waals surface area contributed by atoms with Gasteiger partial charge in [-0.15, -0.1) is 0 Å². The SMILES string of the molecule is CCCn1ccnc1CC(O)CCOCC(F)F. The normalized spacial score (nSPS) is 13.2. The zero-order chi connectivity index (χ0) is 13.4. The highest BCUT2D eigenvalue weighted by Gasteiger charge is 2.10. The van der Waals surface area contributed by atoms with Crippen molar-refractivity contribution in [1.29, 1.82) is 0 Å². The lowest BCUT2D eigenvalue weighted by Crippen LogP contribution is -2.18. The fourth-order valence-electron chi connectivity index (χ4n) is 1.68. The molecular weight excluding hydrogens is 242 g/mol. The van der Waals surface area contributed by atoms with E-state index in [0.717, 1.165) is 18.8 Å². The molecule has 0 aromatic carbocycles. The van der Waals surface area contributed by atoms with Crippen molar-refractivity contribution >= 4 is 0 Å². The van der Waals surface area contributed by atoms with Gasteiger partial charge in [0.25, 0.3) is 6.43 Å². The van der Waals surface area contributed by atoms with Crippen molar-refractivity contribution < 1.29 is 18.6 Å². The predicted octanol–water partition coefficient (Wildman–Crippen LogP) is 1.87. The number of halogens is 2. The Labute approximate surface area is 106 Å². The van der Waals surface area contributed by atoms with Gasteiger partial charge in [0.05, 0.1) is 6.10 Å². The van der Waals surface area contributed by atoms with Crippen molar-refractivity contribution in [2.75, 3.05) is 13.2 Å². The molecule has 4 nitrogen and oxygen atoms in total. The molecule has 0 bridgehead atoms. The summed E-state index contributed by atoms with van der Waals surface area (Å²) in [6, 6.07) is 0. The molecule has 1 unspecified atom stereocenters. The lowest BCUT2D eigenvalue weighted by Gasteiger charge is -2.12. The molecule has 0 amide bonds. The van der Waals surface area contributed by atoms with Crippen LogP contribution in [0.25, 0.3) is 0 Å². The Morgan fingerprint density at radius 2 is 2.28 bits per heavy atom. The van der Waals surface area contributed by atoms with Crippen molar-refractivity contribution in [1.82, 2.24) is 9.55 Å². The Bertz CT molecular complexity index is 332. The highest BCUT2D eigenvalue weighted by molar-refractivity contribution is 4.94. The smallest absolute Gasteiger partial charge is 0.261 e. The topological polar surface area (TPSA) is 47.3 Å². The lowest BCUT2D eigenvalue weighted by atomic mass is 10.2. The number of ether oxygens (including phenoxy) is 1. The van der Waals surface area contributed by atoms with Gasteiger partial charge in [0.1, 0.15) is 12.4 Å². The number of aliphatic hydroxyl groups is 1. The van der Waals surface area contributed by atoms with Crippen LogP contribution < -0.4 is 0 Å². The Hall–Kier alpha value is -1.01. The molecular formula is C12H20F2N2O2. The first kappa shape index (κ1) is 15.0. The van der Waals surface area contributed by atoms with E-state index < -0.39 is 19.1 Å². The van der Waals surface area contributed by atoms with Gasteiger partial charge < -0.3 is 14.4 Å². The molecule has 0 spiro atoms. The Balaban J connectivity index is 2.26. The minimum absolute atomic E-state index is 0.139. The average molecular weight is 262 g/mol. The minimum atomic E-state index is -2.45. The van der Waals surface area contributed by atoms with E-state index in [1.807, 2.05) is 10.8 Å². The van der Waals surface area contributed by atoms with Crippen LogP contribution in [0.5, 0.6) is 0 Å². The summed E-state index contributed by atoms with van der Waals surface area (Å²) in [6.45, 7) is 2.50. The minimum Gasteiger partial charge on any atom is -0.393 e. The molecule has 0 radical (unpaired) electrons. The van der Waals surface area contributed by atoms with Crippen LogP contribution in [0.2, 0.25) is 0 Å². The van der Waals surface area contributed by atoms with Crippen LogP contribution in [0.3, 0.4) is 0 Å². The van der Waals surface area contributed by atoms with Gasteiger partial charge in [-0.1, -0.05) is 6.92 Å². The molecule has 0 aliphatic rings. The highest BCUT2D eigenvalue weighted by atomic mass is 19.3. The highest BCUT2D eigenvalue weighted by Crippen LogP contribution is 2.06. The van der Waals surface area contributed by atoms with Gasteiger partial charge in [-0.25, -0.2) is 13.8 Å². The molecule has 0 aliphatic carbocycles. The van der Waals surface area contributed by atoms with Crippen LogP contribution >= 0.6 is 0 Å². The zero-order valence-electron chi connectivity index (χ0n) is 10.6. The quantitative estimate of drug-likeness (QED) is 0.691. The lowest BCUT2D eigenvalue weighted by molar-refractivity contribution is 0.00487. The fourth-order valence-corrected chi connectivity index (χ4v) is 1.68. The molecule has 1 N–H and O–H groups in total. The number of imidazole rings is 1. The van der Waals surface area contributed by atoms with E-state index in [9.17, 15) is 13.9 Å². The van der Waals surface area contributed by atoms with Crippen LogP contribution in [0.4, 0.5) is 8.78 Å². The van der Waals surface area contributed by atoms with Crippen LogP contribution in [-0.2, 0) is 17.7 Å². The summed E-state index contributed by atoms with van der Waals surface area (Å²) in [7, 11) is 0. The summed E-state index contributed by atoms with van der Waals surface area (Å²) in [5, 5.41) is 9.76. The maximum absolute atomic E-state index is 11.8. The number of hydrogen-bond acceptors (Lipinski definition) is 3. The molecule has 0 fully saturated rings. The molecule has 6 heteroatoms. The second-order valence-corrected chi connectivity index (χ2v) is 4.15. The molecule has 1 aromatic rings. The average Bonchev–Trinajstić information content (AvgIpc) is 2.72. The van der Waals surface area contributed by atoms with E-state index in [-0.39, 0.29) is 6.61 Å². The van der Waals surface area contributed by atoms with Crippen molar-refractivity contribution in [3.63, 3.8) is 0 Å². The first-order valence-corrected chi connectivity index (χ1v) is 6.17. The van der Waals surface area contributed by atoms with Gasteiger partial charge in [0.2, 0.25) is 0 Å². The van der Waals surface area contributed by atoms with E-state index in [2.05, 4.69) is 11.9 Å². The summed E-state index contributed by atoms with van der Waals surface area (Å²) >= 11 is 0. The maximum Gasteiger partial charge on any atom is 0.261 e. The summed E-state index contributed by atoms with van der Waals surface area (Å²) in [6.07, 6.45) is 2.27. The van der Waals surface area contributed by atoms with Gasteiger partial charge in [0.15, 0.2) is 0 Å². The third kappa shape index (κ3) is 5.55. The van der Waals surface area contributed by atoms with Gasteiger partial charge in [0, 0.05) is 32.0 Å². The van der Waals surface area contributed by atoms with Crippen molar-refractivity contribution in [3.05, 3.63) is 18.2 Å². The molecule has 18 heavy (non-hydrogen) atoms. The first-order chi connectivity index (χ1) is 8.63. The number of aliphatic hydroxyl groups excluding tert-OH is 1. The Morgan fingerprint density at radius 1 is 1.50 bits per heavy atom. The van der Waals surface area contributed by atoms with Gasteiger partial charge >= 0.3 is 0 Å². The number of nitrogens with zero attached hydrogens (tertiary/aromatic N) is 2. The standard InChI is InChI=1S/C12H20F2N2O2/c1-2-5-16-6-4-15-12(16)8-10(17)3-7-18-9-11(13)14/h4,6,10-11,17H,2-3,5,7-9H2,1H3. The van der Waals surface area contributed by atoms with Crippen molar-refractivity contribution in [2.24, 2.45) is 0 Å². The maximum atomic E-state index is 11.8. The predicted molar refractivity (Wildman–Crippen MR) is 63.7 cm³/mol. The number of aryl methyl sites for hydroxylation is 1. The van der Waals surface area contributed by atoms with Crippen molar-refractivity contribution in [3.8, 4) is 0 Å². The largest absolute Gasteiger partial charge is 0.393 e. The molecule has 1 atom stereocenters. The molecule has 0 saturated heterocycles. The second kappa shape index (κ2) is 8.16. The third-order valence-electron chi connectivity index (χ3n) is 2.52. The van der Waals surface area contributed by atoms with Gasteiger partial charge in [-0.3, -0.25) is 0 Å². The molecule has 1 heterocycles. The number of hydrogen-bond donors (Lipinski definition) is 1. The fraction of sp³-hybridized carbons (Fsp3) is 0.750. The van der Waals surface area contributed by atoms with Gasteiger partial charge in [-0.2, -0.15) is 0 Å². The number of alkyl halides is 2. The molecule has 104 valence electrons. The van der Waals surface area contributed by atoms with E-state index >= 15 is 0 Å². The molecule has 0 saturated carbocycles. The summed E-state index contributed by atoms with van der Waals surface area (Å²) in [4.78, 5) is 4.17. The molecule has 0 aliphatic heterocycles. The number of rotatable bonds is 9. The Morgan fingerprint density at radius 3 is 2.94 bits per heavy atom. The monoisotopic (exact) mass is 262 g/mol. The van der Waals surface area contributed by atoms with E-state index in [1.54, 1.807) is 6.20 Å². The van der Waals surface area contributed by atoms with E-state index in [4.69, 9.17) is 4.74 Å². The van der Waals surface area contributed by atoms with Crippen LogP contribution in [0.15, 0.2) is 12.4 Å². The Kier molecular flexibility index (Phi) is 6.82. The van der Waals surface area contributed by atoms with E-state index in [0.29, 0.717) is 12.8 Å². The van der Waals surface area contributed by atoms with Crippen LogP contribution in [0, 0.1) is 0 Å². The van der Waals surface area contributed by atoms with E-state index in [1.165, 1.54) is 0 Å². The summed E-state index contributed by atoms with van der Waals surface area (Å²) in [5.41, 5.74) is 0. The third-order valence-corrected chi connectivity index (χ3v) is 2.52. The van der Waals surface area contributed by atoms with Crippen LogP contribution in [-0.4, -0.2) is 40.4 Å². The zero-order valence-corrected chi connectivity index (χ0v) is 10.6. The summed E-state index contributed by atoms with van der Waals surface area (Å²) < 4.78 is 30.3. The van der Waals surface area contributed by atoms with Gasteiger partial charge in [-0.05, 0) is 12.8 Å². The van der Waals surface area contributed by atoms with Crippen LogP contribution in [0.1, 0.15) is 25.6 Å². The molecule has 1 rings (SSSR count). The number of aromatic nitrogens is 2. The first-order valence-electron chi connectivity index (χ1n) is 6.17. The summed E-state index contributed by atoms with van der Waals surface area (Å²) in [5.74, 6) is 0.818. The molecule has 1 aromatic heterocycles. The second-order valence-electron chi connectivity index (χ2n) is 4.15. The van der Waals surface area contributed by atoms with Crippen molar-refractivity contribution in [2.45, 2.75) is 45.3 Å².